The van der Waals surface area contributed by atoms with Crippen molar-refractivity contribution in [2.75, 3.05) is 0 Å². The van der Waals surface area contributed by atoms with Crippen molar-refractivity contribution >= 4 is 0 Å². The summed E-state index contributed by atoms with van der Waals surface area (Å²) >= 11 is 0. The monoisotopic (exact) mass is 156 g/mol. The van der Waals surface area contributed by atoms with Gasteiger partial charge in [0, 0.05) is 11.6 Å². The zero-order valence-corrected chi connectivity index (χ0v) is 6.61. The number of nitrogens with two attached hydrogens (primary N) is 1. The standard InChI is InChI=1S/C7H12N2O2/c1-4-3-9-11-7(4)6(10)5(2)8/h3,5-6,10H,8H2,1-2H3. The number of aliphatic hydroxyl groups is 1. The molecule has 0 aliphatic rings. The van der Waals surface area contributed by atoms with Crippen LogP contribution in [0.2, 0.25) is 0 Å². The van der Waals surface area contributed by atoms with E-state index < -0.39 is 6.10 Å². The first-order valence-electron chi connectivity index (χ1n) is 3.47. The molecule has 0 saturated heterocycles. The summed E-state index contributed by atoms with van der Waals surface area (Å²) in [4.78, 5) is 0. The summed E-state index contributed by atoms with van der Waals surface area (Å²) in [6.07, 6.45) is 0.804. The SMILES string of the molecule is Cc1cnoc1C(O)C(C)N. The number of aryl methyl sites for hydroxylation is 1. The summed E-state index contributed by atoms with van der Waals surface area (Å²) in [7, 11) is 0. The molecule has 0 aliphatic heterocycles. The first-order chi connectivity index (χ1) is 5.13. The quantitative estimate of drug-likeness (QED) is 0.648. The molecule has 1 aromatic rings. The summed E-state index contributed by atoms with van der Waals surface area (Å²) in [6, 6.07) is -0.332. The predicted octanol–water partition coefficient (Wildman–Crippen LogP) is 0.364. The fourth-order valence-corrected chi connectivity index (χ4v) is 0.824. The first kappa shape index (κ1) is 8.23. The van der Waals surface area contributed by atoms with E-state index in [1.807, 2.05) is 6.92 Å². The third-order valence-corrected chi connectivity index (χ3v) is 1.55. The van der Waals surface area contributed by atoms with E-state index >= 15 is 0 Å². The third kappa shape index (κ3) is 1.58. The zero-order valence-electron chi connectivity index (χ0n) is 6.61. The maximum atomic E-state index is 9.41. The van der Waals surface area contributed by atoms with E-state index in [9.17, 15) is 5.11 Å². The van der Waals surface area contributed by atoms with Crippen LogP contribution in [0.3, 0.4) is 0 Å². The van der Waals surface area contributed by atoms with Gasteiger partial charge in [-0.3, -0.25) is 0 Å². The summed E-state index contributed by atoms with van der Waals surface area (Å²) in [6.45, 7) is 3.53. The van der Waals surface area contributed by atoms with E-state index in [0.717, 1.165) is 5.56 Å². The Bertz CT molecular complexity index is 232. The highest BCUT2D eigenvalue weighted by atomic mass is 16.5. The molecule has 2 atom stereocenters. The molecule has 0 radical (unpaired) electrons. The molecular formula is C7H12N2O2. The second-order valence-electron chi connectivity index (χ2n) is 2.68. The van der Waals surface area contributed by atoms with Crippen LogP contribution in [-0.4, -0.2) is 16.3 Å². The Balaban J connectivity index is 2.84. The lowest BCUT2D eigenvalue weighted by atomic mass is 10.1. The van der Waals surface area contributed by atoms with Gasteiger partial charge in [0.25, 0.3) is 0 Å². The minimum absolute atomic E-state index is 0.332. The van der Waals surface area contributed by atoms with Gasteiger partial charge in [-0.25, -0.2) is 0 Å². The predicted molar refractivity (Wildman–Crippen MR) is 39.8 cm³/mol. The molecule has 1 heterocycles. The number of aromatic nitrogens is 1. The topological polar surface area (TPSA) is 72.3 Å². The minimum Gasteiger partial charge on any atom is -0.383 e. The van der Waals surface area contributed by atoms with Gasteiger partial charge in [0.15, 0.2) is 5.76 Å². The highest BCUT2D eigenvalue weighted by Crippen LogP contribution is 2.18. The van der Waals surface area contributed by atoms with Crippen molar-refractivity contribution in [2.24, 2.45) is 5.73 Å². The highest BCUT2D eigenvalue weighted by Gasteiger charge is 2.18. The highest BCUT2D eigenvalue weighted by molar-refractivity contribution is 5.14. The van der Waals surface area contributed by atoms with Crippen molar-refractivity contribution < 1.29 is 9.63 Å². The molecule has 0 aromatic carbocycles. The van der Waals surface area contributed by atoms with Gasteiger partial charge < -0.3 is 15.4 Å². The van der Waals surface area contributed by atoms with Gasteiger partial charge >= 0.3 is 0 Å². The number of rotatable bonds is 2. The molecule has 0 bridgehead atoms. The molecule has 0 fully saturated rings. The van der Waals surface area contributed by atoms with Crippen molar-refractivity contribution in [3.8, 4) is 0 Å². The lowest BCUT2D eigenvalue weighted by Gasteiger charge is -2.10. The fraction of sp³-hybridized carbons (Fsp3) is 0.571. The molecule has 4 heteroatoms. The second kappa shape index (κ2) is 3.02. The van der Waals surface area contributed by atoms with Gasteiger partial charge in [-0.2, -0.15) is 0 Å². The molecule has 3 N–H and O–H groups in total. The van der Waals surface area contributed by atoms with Crippen LogP contribution in [-0.2, 0) is 0 Å². The number of aliphatic hydroxyl groups excluding tert-OH is 1. The normalized spacial score (nSPS) is 16.4. The van der Waals surface area contributed by atoms with Crippen LogP contribution >= 0.6 is 0 Å². The van der Waals surface area contributed by atoms with Crippen LogP contribution < -0.4 is 5.73 Å². The molecular weight excluding hydrogens is 144 g/mol. The van der Waals surface area contributed by atoms with Crippen molar-refractivity contribution in [1.82, 2.24) is 5.16 Å². The number of nitrogens with zero attached hydrogens (tertiary/aromatic N) is 1. The molecule has 0 amide bonds. The molecule has 11 heavy (non-hydrogen) atoms. The van der Waals surface area contributed by atoms with Crippen LogP contribution in [0.15, 0.2) is 10.7 Å². The Kier molecular flexibility index (Phi) is 2.26. The van der Waals surface area contributed by atoms with Crippen LogP contribution in [0.4, 0.5) is 0 Å². The lowest BCUT2D eigenvalue weighted by Crippen LogP contribution is -2.24. The Morgan fingerprint density at radius 1 is 1.73 bits per heavy atom. The average molecular weight is 156 g/mol. The van der Waals surface area contributed by atoms with E-state index in [1.165, 1.54) is 0 Å². The van der Waals surface area contributed by atoms with E-state index in [0.29, 0.717) is 5.76 Å². The maximum Gasteiger partial charge on any atom is 0.169 e. The van der Waals surface area contributed by atoms with Crippen LogP contribution in [0.5, 0.6) is 0 Å². The summed E-state index contributed by atoms with van der Waals surface area (Å²) in [5.41, 5.74) is 6.29. The molecule has 0 saturated carbocycles. The van der Waals surface area contributed by atoms with E-state index in [-0.39, 0.29) is 6.04 Å². The van der Waals surface area contributed by atoms with E-state index in [2.05, 4.69) is 5.16 Å². The molecule has 1 rings (SSSR count). The Hall–Kier alpha value is -0.870. The molecule has 1 aromatic heterocycles. The lowest BCUT2D eigenvalue weighted by molar-refractivity contribution is 0.118. The van der Waals surface area contributed by atoms with E-state index in [4.69, 9.17) is 10.3 Å². The van der Waals surface area contributed by atoms with Crippen LogP contribution in [0.25, 0.3) is 0 Å². The van der Waals surface area contributed by atoms with Gasteiger partial charge in [-0.15, -0.1) is 0 Å². The van der Waals surface area contributed by atoms with Crippen molar-refractivity contribution in [2.45, 2.75) is 26.0 Å². The van der Waals surface area contributed by atoms with Crippen molar-refractivity contribution in [3.63, 3.8) is 0 Å². The maximum absolute atomic E-state index is 9.41. The van der Waals surface area contributed by atoms with Gasteiger partial charge in [0.2, 0.25) is 0 Å². The van der Waals surface area contributed by atoms with Crippen LogP contribution in [0.1, 0.15) is 24.4 Å². The first-order valence-corrected chi connectivity index (χ1v) is 3.47. The van der Waals surface area contributed by atoms with Gasteiger partial charge in [0.1, 0.15) is 6.10 Å². The smallest absolute Gasteiger partial charge is 0.169 e. The minimum atomic E-state index is -0.752. The summed E-state index contributed by atoms with van der Waals surface area (Å²) < 4.78 is 4.81. The summed E-state index contributed by atoms with van der Waals surface area (Å²) in [5.74, 6) is 0.458. The summed E-state index contributed by atoms with van der Waals surface area (Å²) in [5, 5.41) is 12.9. The average Bonchev–Trinajstić information content (AvgIpc) is 2.33. The van der Waals surface area contributed by atoms with Crippen molar-refractivity contribution in [3.05, 3.63) is 17.5 Å². The molecule has 0 aliphatic carbocycles. The molecule has 2 unspecified atom stereocenters. The zero-order chi connectivity index (χ0) is 8.43. The van der Waals surface area contributed by atoms with Gasteiger partial charge in [-0.05, 0) is 13.8 Å². The fourth-order valence-electron chi connectivity index (χ4n) is 0.824. The van der Waals surface area contributed by atoms with E-state index in [1.54, 1.807) is 13.1 Å². The Morgan fingerprint density at radius 2 is 2.36 bits per heavy atom. The van der Waals surface area contributed by atoms with Gasteiger partial charge in [0.05, 0.1) is 6.20 Å². The number of hydrogen-bond acceptors (Lipinski definition) is 4. The second-order valence-corrected chi connectivity index (χ2v) is 2.68. The molecule has 4 nitrogen and oxygen atoms in total. The largest absolute Gasteiger partial charge is 0.383 e. The van der Waals surface area contributed by atoms with Gasteiger partial charge in [-0.1, -0.05) is 5.16 Å². The Labute approximate surface area is 65.0 Å². The third-order valence-electron chi connectivity index (χ3n) is 1.55. The van der Waals surface area contributed by atoms with Crippen LogP contribution in [0, 0.1) is 6.92 Å². The Morgan fingerprint density at radius 3 is 2.73 bits per heavy atom. The molecule has 62 valence electrons. The van der Waals surface area contributed by atoms with Crippen molar-refractivity contribution in [1.29, 1.82) is 0 Å². The molecule has 0 spiro atoms. The number of hydrogen-bond donors (Lipinski definition) is 2.